The first kappa shape index (κ1) is 14.1. The Bertz CT molecular complexity index is 613. The van der Waals surface area contributed by atoms with Crippen LogP contribution in [0.3, 0.4) is 0 Å². The molecule has 2 rings (SSSR count). The molecular formula is C14H15FN4O. The average molecular weight is 274 g/mol. The Labute approximate surface area is 116 Å². The van der Waals surface area contributed by atoms with Crippen LogP contribution in [0.4, 0.5) is 4.39 Å². The number of nitrogens with two attached hydrogens (primary N) is 1. The number of nitrogens with one attached hydrogen (secondary N) is 1. The van der Waals surface area contributed by atoms with Crippen molar-refractivity contribution in [2.45, 2.75) is 20.0 Å². The van der Waals surface area contributed by atoms with E-state index in [9.17, 15) is 9.18 Å². The number of rotatable bonds is 5. The molecule has 1 aromatic heterocycles. The van der Waals surface area contributed by atoms with Crippen molar-refractivity contribution in [2.24, 2.45) is 5.73 Å². The van der Waals surface area contributed by atoms with E-state index in [1.807, 2.05) is 6.92 Å². The molecular weight excluding hydrogens is 259 g/mol. The Morgan fingerprint density at radius 3 is 2.75 bits per heavy atom. The molecule has 0 unspecified atom stereocenters. The van der Waals surface area contributed by atoms with Crippen LogP contribution in [0, 0.1) is 12.7 Å². The predicted molar refractivity (Wildman–Crippen MR) is 72.2 cm³/mol. The van der Waals surface area contributed by atoms with Gasteiger partial charge in [-0.1, -0.05) is 0 Å². The summed E-state index contributed by atoms with van der Waals surface area (Å²) in [4.78, 5) is 19.4. The number of primary amides is 1. The molecule has 104 valence electrons. The number of halogens is 1. The van der Waals surface area contributed by atoms with Gasteiger partial charge in [0.1, 0.15) is 5.82 Å². The number of hydrogen-bond donors (Lipinski definition) is 2. The van der Waals surface area contributed by atoms with Crippen LogP contribution < -0.4 is 11.1 Å². The molecule has 1 heterocycles. The van der Waals surface area contributed by atoms with Crippen LogP contribution in [0.1, 0.15) is 27.3 Å². The summed E-state index contributed by atoms with van der Waals surface area (Å²) in [6.07, 6.45) is 3.34. The molecule has 0 saturated carbocycles. The van der Waals surface area contributed by atoms with Gasteiger partial charge in [-0.3, -0.25) is 14.8 Å². The van der Waals surface area contributed by atoms with Gasteiger partial charge in [0.2, 0.25) is 5.91 Å². The summed E-state index contributed by atoms with van der Waals surface area (Å²) in [5, 5.41) is 3.05. The fraction of sp³-hybridized carbons (Fsp3) is 0.214. The van der Waals surface area contributed by atoms with Crippen molar-refractivity contribution >= 4 is 5.91 Å². The second-order valence-corrected chi connectivity index (χ2v) is 4.42. The smallest absolute Gasteiger partial charge is 0.248 e. The zero-order valence-electron chi connectivity index (χ0n) is 11.1. The maximum Gasteiger partial charge on any atom is 0.248 e. The molecule has 6 heteroatoms. The van der Waals surface area contributed by atoms with Gasteiger partial charge in [-0.25, -0.2) is 4.39 Å². The summed E-state index contributed by atoms with van der Waals surface area (Å²) in [5.74, 6) is -0.951. The number of carbonyl (C=O) groups excluding carboxylic acids is 1. The number of amides is 1. The molecule has 0 aliphatic carbocycles. The largest absolute Gasteiger partial charge is 0.366 e. The lowest BCUT2D eigenvalue weighted by Gasteiger charge is -2.07. The third-order valence-electron chi connectivity index (χ3n) is 2.79. The lowest BCUT2D eigenvalue weighted by Crippen LogP contribution is -2.17. The van der Waals surface area contributed by atoms with Crippen LogP contribution in [0.2, 0.25) is 0 Å². The SMILES string of the molecule is Cc1cnc(CNCc2cc(C(N)=O)ccc2F)cn1. The minimum atomic E-state index is -0.573. The molecule has 3 N–H and O–H groups in total. The van der Waals surface area contributed by atoms with E-state index >= 15 is 0 Å². The molecule has 0 radical (unpaired) electrons. The normalized spacial score (nSPS) is 10.5. The van der Waals surface area contributed by atoms with E-state index in [-0.39, 0.29) is 12.4 Å². The zero-order chi connectivity index (χ0) is 14.5. The summed E-state index contributed by atoms with van der Waals surface area (Å²) < 4.78 is 13.6. The lowest BCUT2D eigenvalue weighted by molar-refractivity contribution is 0.1000. The van der Waals surface area contributed by atoms with Crippen LogP contribution in [-0.2, 0) is 13.1 Å². The second-order valence-electron chi connectivity index (χ2n) is 4.42. The van der Waals surface area contributed by atoms with Crippen molar-refractivity contribution in [1.82, 2.24) is 15.3 Å². The quantitative estimate of drug-likeness (QED) is 0.861. The van der Waals surface area contributed by atoms with Crippen LogP contribution in [0.5, 0.6) is 0 Å². The van der Waals surface area contributed by atoms with Gasteiger partial charge in [-0.15, -0.1) is 0 Å². The summed E-state index contributed by atoms with van der Waals surface area (Å²) in [6, 6.07) is 4.06. The number of carbonyl (C=O) groups is 1. The van der Waals surface area contributed by atoms with Gasteiger partial charge in [0.15, 0.2) is 0 Å². The highest BCUT2D eigenvalue weighted by atomic mass is 19.1. The minimum absolute atomic E-state index is 0.280. The Balaban J connectivity index is 1.98. The number of nitrogens with zero attached hydrogens (tertiary/aromatic N) is 2. The molecule has 1 aromatic carbocycles. The van der Waals surface area contributed by atoms with Gasteiger partial charge in [0.05, 0.1) is 11.4 Å². The van der Waals surface area contributed by atoms with Crippen molar-refractivity contribution in [1.29, 1.82) is 0 Å². The molecule has 0 aliphatic rings. The third kappa shape index (κ3) is 3.58. The van der Waals surface area contributed by atoms with Gasteiger partial charge in [0.25, 0.3) is 0 Å². The van der Waals surface area contributed by atoms with Gasteiger partial charge >= 0.3 is 0 Å². The van der Waals surface area contributed by atoms with Gasteiger partial charge in [-0.05, 0) is 25.1 Å². The fourth-order valence-corrected chi connectivity index (χ4v) is 1.70. The van der Waals surface area contributed by atoms with Crippen molar-refractivity contribution in [2.75, 3.05) is 0 Å². The van der Waals surface area contributed by atoms with Gasteiger partial charge in [-0.2, -0.15) is 0 Å². The molecule has 20 heavy (non-hydrogen) atoms. The van der Waals surface area contributed by atoms with Gasteiger partial charge in [0, 0.05) is 36.6 Å². The van der Waals surface area contributed by atoms with Crippen LogP contribution >= 0.6 is 0 Å². The van der Waals surface area contributed by atoms with Crippen molar-refractivity contribution in [3.63, 3.8) is 0 Å². The number of aromatic nitrogens is 2. The molecule has 0 aliphatic heterocycles. The Kier molecular flexibility index (Phi) is 4.37. The van der Waals surface area contributed by atoms with Crippen LogP contribution in [0.15, 0.2) is 30.6 Å². The highest BCUT2D eigenvalue weighted by Gasteiger charge is 2.07. The monoisotopic (exact) mass is 274 g/mol. The Morgan fingerprint density at radius 1 is 1.30 bits per heavy atom. The summed E-state index contributed by atoms with van der Waals surface area (Å²) in [6.45, 7) is 2.60. The Morgan fingerprint density at radius 2 is 2.10 bits per heavy atom. The first-order chi connectivity index (χ1) is 9.56. The lowest BCUT2D eigenvalue weighted by atomic mass is 10.1. The first-order valence-electron chi connectivity index (χ1n) is 6.12. The molecule has 1 amide bonds. The van der Waals surface area contributed by atoms with E-state index in [1.165, 1.54) is 18.2 Å². The average Bonchev–Trinajstić information content (AvgIpc) is 2.43. The zero-order valence-corrected chi connectivity index (χ0v) is 11.1. The molecule has 0 fully saturated rings. The predicted octanol–water partition coefficient (Wildman–Crippen LogP) is 1.31. The number of aryl methyl sites for hydroxylation is 1. The summed E-state index contributed by atoms with van der Waals surface area (Å²) in [5.41, 5.74) is 7.45. The van der Waals surface area contributed by atoms with Crippen molar-refractivity contribution < 1.29 is 9.18 Å². The molecule has 0 atom stereocenters. The molecule has 5 nitrogen and oxygen atoms in total. The third-order valence-corrected chi connectivity index (χ3v) is 2.79. The molecule has 2 aromatic rings. The van der Waals surface area contributed by atoms with E-state index in [2.05, 4.69) is 15.3 Å². The van der Waals surface area contributed by atoms with E-state index < -0.39 is 5.91 Å². The van der Waals surface area contributed by atoms with E-state index in [1.54, 1.807) is 12.4 Å². The van der Waals surface area contributed by atoms with Crippen molar-refractivity contribution in [3.05, 3.63) is 58.9 Å². The van der Waals surface area contributed by atoms with Crippen LogP contribution in [0.25, 0.3) is 0 Å². The number of benzene rings is 1. The van der Waals surface area contributed by atoms with E-state index in [4.69, 9.17) is 5.73 Å². The summed E-state index contributed by atoms with van der Waals surface area (Å²) in [7, 11) is 0. The van der Waals surface area contributed by atoms with E-state index in [0.29, 0.717) is 17.7 Å². The second kappa shape index (κ2) is 6.21. The topological polar surface area (TPSA) is 80.9 Å². The highest BCUT2D eigenvalue weighted by Crippen LogP contribution is 2.10. The highest BCUT2D eigenvalue weighted by molar-refractivity contribution is 5.92. The van der Waals surface area contributed by atoms with Crippen molar-refractivity contribution in [3.8, 4) is 0 Å². The molecule has 0 spiro atoms. The Hall–Kier alpha value is -2.34. The summed E-state index contributed by atoms with van der Waals surface area (Å²) >= 11 is 0. The van der Waals surface area contributed by atoms with Crippen LogP contribution in [-0.4, -0.2) is 15.9 Å². The molecule has 0 bridgehead atoms. The minimum Gasteiger partial charge on any atom is -0.366 e. The number of hydrogen-bond acceptors (Lipinski definition) is 4. The standard InChI is InChI=1S/C14H15FN4O/c1-9-5-19-12(8-18-9)7-17-6-11-4-10(14(16)20)2-3-13(11)15/h2-5,8,17H,6-7H2,1H3,(H2,16,20). The first-order valence-corrected chi connectivity index (χ1v) is 6.12. The maximum absolute atomic E-state index is 13.6. The maximum atomic E-state index is 13.6. The fourth-order valence-electron chi connectivity index (χ4n) is 1.70. The van der Waals surface area contributed by atoms with Gasteiger partial charge < -0.3 is 11.1 Å². The van der Waals surface area contributed by atoms with E-state index in [0.717, 1.165) is 11.4 Å². The molecule has 0 saturated heterocycles.